The molecule has 0 bridgehead atoms. The summed E-state index contributed by atoms with van der Waals surface area (Å²) in [7, 11) is 1.74. The lowest BCUT2D eigenvalue weighted by atomic mass is 10.0. The first kappa shape index (κ1) is 18.6. The van der Waals surface area contributed by atoms with E-state index in [4.69, 9.17) is 0 Å². The molecule has 0 radical (unpaired) electrons. The van der Waals surface area contributed by atoms with Crippen molar-refractivity contribution >= 4 is 5.91 Å². The lowest BCUT2D eigenvalue weighted by Gasteiger charge is -2.34. The number of para-hydroxylation sites is 1. The summed E-state index contributed by atoms with van der Waals surface area (Å²) in [5.74, 6) is -0.0973. The molecule has 134 valence electrons. The molecule has 1 aliphatic rings. The van der Waals surface area contributed by atoms with E-state index in [2.05, 4.69) is 23.5 Å². The van der Waals surface area contributed by atoms with Crippen LogP contribution in [0.15, 0.2) is 24.3 Å². The van der Waals surface area contributed by atoms with Crippen LogP contribution in [0.5, 0.6) is 5.75 Å². The van der Waals surface area contributed by atoms with Crippen molar-refractivity contribution in [2.45, 2.75) is 39.3 Å². The number of nitrogens with zero attached hydrogens (tertiary/aromatic N) is 2. The van der Waals surface area contributed by atoms with Crippen LogP contribution in [0.25, 0.3) is 0 Å². The summed E-state index contributed by atoms with van der Waals surface area (Å²) in [6.45, 7) is 4.11. The zero-order chi connectivity index (χ0) is 17.7. The molecule has 1 aromatic carbocycles. The van der Waals surface area contributed by atoms with Gasteiger partial charge in [-0.1, -0.05) is 26.0 Å². The summed E-state index contributed by atoms with van der Waals surface area (Å²) in [6.07, 6.45) is 2.38. The quantitative estimate of drug-likeness (QED) is 0.762. The summed E-state index contributed by atoms with van der Waals surface area (Å²) < 4.78 is 29.6. The van der Waals surface area contributed by atoms with Crippen LogP contribution in [0.2, 0.25) is 0 Å². The third kappa shape index (κ3) is 4.66. The van der Waals surface area contributed by atoms with Gasteiger partial charge in [0, 0.05) is 19.6 Å². The number of amides is 1. The van der Waals surface area contributed by atoms with Gasteiger partial charge in [0.2, 0.25) is 0 Å². The number of hydrogen-bond donors (Lipinski definition) is 0. The molecule has 1 unspecified atom stereocenters. The number of halogens is 2. The Labute approximate surface area is 142 Å². The molecule has 24 heavy (non-hydrogen) atoms. The Kier molecular flexibility index (Phi) is 6.54. The maximum atomic E-state index is 12.8. The van der Waals surface area contributed by atoms with E-state index in [1.807, 2.05) is 0 Å². The summed E-state index contributed by atoms with van der Waals surface area (Å²) in [5, 5.41) is 0. The predicted molar refractivity (Wildman–Crippen MR) is 89.5 cm³/mol. The Morgan fingerprint density at radius 2 is 1.88 bits per heavy atom. The van der Waals surface area contributed by atoms with Gasteiger partial charge in [-0.15, -0.1) is 0 Å². The zero-order valence-electron chi connectivity index (χ0n) is 14.5. The SMILES string of the molecule is CC(C)C(CN1CCCC1)N(C)C(=O)c1ccccc1OC(F)F. The molecule has 1 aliphatic heterocycles. The molecule has 6 heteroatoms. The van der Waals surface area contributed by atoms with Crippen LogP contribution in [0.4, 0.5) is 8.78 Å². The molecular weight excluding hydrogens is 314 g/mol. The predicted octanol–water partition coefficient (Wildman–Crippen LogP) is 3.48. The topological polar surface area (TPSA) is 32.8 Å². The molecule has 1 saturated heterocycles. The number of rotatable bonds is 7. The van der Waals surface area contributed by atoms with Gasteiger partial charge < -0.3 is 14.5 Å². The first-order valence-electron chi connectivity index (χ1n) is 8.43. The minimum absolute atomic E-state index is 0.0233. The number of alkyl halides is 2. The Balaban J connectivity index is 2.16. The van der Waals surface area contributed by atoms with Crippen LogP contribution in [0, 0.1) is 5.92 Å². The van der Waals surface area contributed by atoms with Gasteiger partial charge >= 0.3 is 6.61 Å². The fourth-order valence-corrected chi connectivity index (χ4v) is 3.19. The average molecular weight is 340 g/mol. The van der Waals surface area contributed by atoms with Gasteiger partial charge in [-0.3, -0.25) is 4.79 Å². The van der Waals surface area contributed by atoms with E-state index in [1.54, 1.807) is 24.1 Å². The molecular formula is C18H26F2N2O2. The Bertz CT molecular complexity index is 546. The van der Waals surface area contributed by atoms with Crippen molar-refractivity contribution < 1.29 is 18.3 Å². The van der Waals surface area contributed by atoms with Crippen molar-refractivity contribution in [1.29, 1.82) is 0 Å². The second-order valence-electron chi connectivity index (χ2n) is 6.61. The molecule has 0 aliphatic carbocycles. The third-order valence-electron chi connectivity index (χ3n) is 4.56. The number of likely N-dealkylation sites (N-methyl/N-ethyl adjacent to an activating group) is 1. The van der Waals surface area contributed by atoms with Gasteiger partial charge in [-0.25, -0.2) is 0 Å². The smallest absolute Gasteiger partial charge is 0.387 e. The fourth-order valence-electron chi connectivity index (χ4n) is 3.19. The Hall–Kier alpha value is -1.69. The highest BCUT2D eigenvalue weighted by atomic mass is 19.3. The molecule has 1 heterocycles. The van der Waals surface area contributed by atoms with Crippen molar-refractivity contribution in [3.63, 3.8) is 0 Å². The standard InChI is InChI=1S/C18H26F2N2O2/c1-13(2)15(12-22-10-6-7-11-22)21(3)17(23)14-8-4-5-9-16(14)24-18(19)20/h4-5,8-9,13,15,18H,6-7,10-12H2,1-3H3. The van der Waals surface area contributed by atoms with Gasteiger partial charge in [0.05, 0.1) is 5.56 Å². The maximum absolute atomic E-state index is 12.8. The molecule has 1 aromatic rings. The first-order valence-corrected chi connectivity index (χ1v) is 8.43. The lowest BCUT2D eigenvalue weighted by Crippen LogP contribution is -2.47. The monoisotopic (exact) mass is 340 g/mol. The van der Waals surface area contributed by atoms with Crippen LogP contribution >= 0.6 is 0 Å². The molecule has 1 atom stereocenters. The zero-order valence-corrected chi connectivity index (χ0v) is 14.5. The van der Waals surface area contributed by atoms with E-state index in [-0.39, 0.29) is 29.2 Å². The van der Waals surface area contributed by atoms with Crippen molar-refractivity contribution in [1.82, 2.24) is 9.80 Å². The van der Waals surface area contributed by atoms with E-state index in [1.165, 1.54) is 25.0 Å². The minimum atomic E-state index is -2.95. The van der Waals surface area contributed by atoms with Crippen LogP contribution < -0.4 is 4.74 Å². The highest BCUT2D eigenvalue weighted by Gasteiger charge is 2.28. The van der Waals surface area contributed by atoms with Crippen molar-refractivity contribution in [3.8, 4) is 5.75 Å². The highest BCUT2D eigenvalue weighted by Crippen LogP contribution is 2.24. The fraction of sp³-hybridized carbons (Fsp3) is 0.611. The van der Waals surface area contributed by atoms with Crippen LogP contribution in [0.1, 0.15) is 37.0 Å². The van der Waals surface area contributed by atoms with Crippen LogP contribution in [-0.2, 0) is 0 Å². The number of carbonyl (C=O) groups excluding carboxylic acids is 1. The summed E-state index contributed by atoms with van der Waals surface area (Å²) in [5.41, 5.74) is 0.173. The molecule has 1 fully saturated rings. The average Bonchev–Trinajstić information content (AvgIpc) is 3.04. The Morgan fingerprint density at radius 3 is 2.46 bits per heavy atom. The molecule has 0 spiro atoms. The van der Waals surface area contributed by atoms with Gasteiger partial charge in [0.1, 0.15) is 5.75 Å². The number of carbonyl (C=O) groups is 1. The third-order valence-corrected chi connectivity index (χ3v) is 4.56. The van der Waals surface area contributed by atoms with E-state index < -0.39 is 6.61 Å². The highest BCUT2D eigenvalue weighted by molar-refractivity contribution is 5.97. The number of ether oxygens (including phenoxy) is 1. The van der Waals surface area contributed by atoms with Gasteiger partial charge in [-0.05, 0) is 44.0 Å². The van der Waals surface area contributed by atoms with Crippen LogP contribution in [-0.4, -0.2) is 55.0 Å². The summed E-state index contributed by atoms with van der Waals surface area (Å²) in [4.78, 5) is 16.9. The molecule has 0 N–H and O–H groups in total. The molecule has 4 nitrogen and oxygen atoms in total. The van der Waals surface area contributed by atoms with Gasteiger partial charge in [0.25, 0.3) is 5.91 Å². The second kappa shape index (κ2) is 8.42. The molecule has 1 amide bonds. The summed E-state index contributed by atoms with van der Waals surface area (Å²) >= 11 is 0. The van der Waals surface area contributed by atoms with Crippen LogP contribution in [0.3, 0.4) is 0 Å². The first-order chi connectivity index (χ1) is 11.4. The van der Waals surface area contributed by atoms with Crippen molar-refractivity contribution in [2.75, 3.05) is 26.7 Å². The second-order valence-corrected chi connectivity index (χ2v) is 6.61. The van der Waals surface area contributed by atoms with Crippen molar-refractivity contribution in [2.24, 2.45) is 5.92 Å². The number of hydrogen-bond acceptors (Lipinski definition) is 3. The minimum Gasteiger partial charge on any atom is -0.434 e. The summed E-state index contributed by atoms with van der Waals surface area (Å²) in [6, 6.07) is 6.19. The van der Waals surface area contributed by atoms with E-state index in [0.29, 0.717) is 0 Å². The lowest BCUT2D eigenvalue weighted by molar-refractivity contribution is -0.0503. The van der Waals surface area contributed by atoms with E-state index in [9.17, 15) is 13.6 Å². The number of benzene rings is 1. The number of likely N-dealkylation sites (tertiary alicyclic amines) is 1. The molecule has 0 saturated carbocycles. The molecule has 2 rings (SSSR count). The van der Waals surface area contributed by atoms with Gasteiger partial charge in [0.15, 0.2) is 0 Å². The van der Waals surface area contributed by atoms with Crippen molar-refractivity contribution in [3.05, 3.63) is 29.8 Å². The van der Waals surface area contributed by atoms with E-state index in [0.717, 1.165) is 19.6 Å². The normalized spacial score (nSPS) is 16.6. The van der Waals surface area contributed by atoms with E-state index >= 15 is 0 Å². The Morgan fingerprint density at radius 1 is 1.25 bits per heavy atom. The largest absolute Gasteiger partial charge is 0.434 e. The maximum Gasteiger partial charge on any atom is 0.387 e. The van der Waals surface area contributed by atoms with Gasteiger partial charge in [-0.2, -0.15) is 8.78 Å². The molecule has 0 aromatic heterocycles.